The number of hydrogen-bond acceptors (Lipinski definition) is 3. The summed E-state index contributed by atoms with van der Waals surface area (Å²) in [5, 5.41) is 13.2. The highest BCUT2D eigenvalue weighted by Crippen LogP contribution is 2.34. The monoisotopic (exact) mass is 477 g/mol. The summed E-state index contributed by atoms with van der Waals surface area (Å²) in [4.78, 5) is 41.2. The number of carbonyl (C=O) groups is 3. The van der Waals surface area contributed by atoms with Gasteiger partial charge in [0.05, 0.1) is 0 Å². The Morgan fingerprint density at radius 3 is 2.55 bits per heavy atom. The van der Waals surface area contributed by atoms with Crippen LogP contribution in [0.25, 0.3) is 10.9 Å². The summed E-state index contributed by atoms with van der Waals surface area (Å²) in [5.41, 5.74) is -0.887. The second-order valence-corrected chi connectivity index (χ2v) is 8.98. The van der Waals surface area contributed by atoms with Gasteiger partial charge >= 0.3 is 5.97 Å². The summed E-state index contributed by atoms with van der Waals surface area (Å²) >= 11 is 6.03. The Morgan fingerprint density at radius 1 is 1.24 bits per heavy atom. The van der Waals surface area contributed by atoms with Gasteiger partial charge in [0.15, 0.2) is 11.6 Å². The van der Waals surface area contributed by atoms with Crippen LogP contribution in [0, 0.1) is 11.6 Å². The number of halogens is 3. The molecule has 0 radical (unpaired) electrons. The zero-order valence-corrected chi connectivity index (χ0v) is 18.8. The Balaban J connectivity index is 2.23. The summed E-state index contributed by atoms with van der Waals surface area (Å²) in [6.45, 7) is 4.67. The maximum atomic E-state index is 14.3. The average molecular weight is 478 g/mol. The molecule has 0 bridgehead atoms. The van der Waals surface area contributed by atoms with Gasteiger partial charge in [-0.25, -0.2) is 13.6 Å². The molecule has 0 saturated heterocycles. The van der Waals surface area contributed by atoms with Gasteiger partial charge in [-0.15, -0.1) is 0 Å². The molecule has 2 aromatic carbocycles. The quantitative estimate of drug-likeness (QED) is 0.438. The fourth-order valence-corrected chi connectivity index (χ4v) is 3.76. The number of carbonyl (C=O) groups excluding carboxylic acids is 2. The van der Waals surface area contributed by atoms with Gasteiger partial charge in [0.25, 0.3) is 0 Å². The minimum atomic E-state index is -1.47. The fourth-order valence-electron chi connectivity index (χ4n) is 3.59. The third-order valence-electron chi connectivity index (χ3n) is 4.89. The van der Waals surface area contributed by atoms with Crippen molar-refractivity contribution in [3.8, 4) is 0 Å². The topological polar surface area (TPSA) is 102 Å². The van der Waals surface area contributed by atoms with Crippen molar-refractivity contribution in [1.29, 1.82) is 0 Å². The Bertz CT molecular complexity index is 1240. The van der Waals surface area contributed by atoms with Crippen molar-refractivity contribution in [3.05, 3.63) is 69.9 Å². The molecular weight excluding hydrogens is 456 g/mol. The molecule has 3 rings (SSSR count). The number of nitrogens with zero attached hydrogens (tertiary/aromatic N) is 1. The van der Waals surface area contributed by atoms with E-state index in [9.17, 15) is 28.3 Å². The van der Waals surface area contributed by atoms with E-state index in [2.05, 4.69) is 10.3 Å². The normalized spacial score (nSPS) is 12.4. The van der Waals surface area contributed by atoms with Gasteiger partial charge in [-0.1, -0.05) is 29.8 Å². The van der Waals surface area contributed by atoms with Crippen LogP contribution >= 0.6 is 11.6 Å². The second kappa shape index (κ2) is 9.19. The van der Waals surface area contributed by atoms with Crippen molar-refractivity contribution >= 4 is 40.8 Å². The third kappa shape index (κ3) is 5.14. The number of benzene rings is 2. The lowest BCUT2D eigenvalue weighted by Gasteiger charge is -2.31. The van der Waals surface area contributed by atoms with Crippen LogP contribution in [0.1, 0.15) is 48.4 Å². The van der Waals surface area contributed by atoms with E-state index in [1.165, 1.54) is 30.3 Å². The predicted octanol–water partition coefficient (Wildman–Crippen LogP) is 4.41. The molecule has 1 aromatic heterocycles. The number of carboxylic acids is 1. The molecule has 0 saturated carbocycles. The molecule has 33 heavy (non-hydrogen) atoms. The van der Waals surface area contributed by atoms with Gasteiger partial charge in [-0.3, -0.25) is 9.59 Å². The molecule has 1 unspecified atom stereocenters. The molecule has 0 fully saturated rings. The van der Waals surface area contributed by atoms with Crippen LogP contribution in [-0.4, -0.2) is 38.8 Å². The third-order valence-corrected chi connectivity index (χ3v) is 5.12. The average Bonchev–Trinajstić information content (AvgIpc) is 3.07. The molecule has 7 nitrogen and oxygen atoms in total. The number of nitrogens with one attached hydrogen (secondary N) is 2. The molecule has 0 aliphatic rings. The van der Waals surface area contributed by atoms with E-state index in [-0.39, 0.29) is 16.8 Å². The first-order chi connectivity index (χ1) is 15.4. The van der Waals surface area contributed by atoms with Crippen molar-refractivity contribution < 1.29 is 28.3 Å². The van der Waals surface area contributed by atoms with Crippen molar-refractivity contribution in [2.75, 3.05) is 0 Å². The van der Waals surface area contributed by atoms with E-state index < -0.39 is 41.6 Å². The van der Waals surface area contributed by atoms with E-state index >= 15 is 0 Å². The number of H-pyrrole nitrogens is 1. The fraction of sp³-hybridized carbons (Fsp3) is 0.261. The molecular formula is C23H22ClF2N3O4. The van der Waals surface area contributed by atoms with E-state index in [0.29, 0.717) is 22.3 Å². The van der Waals surface area contributed by atoms with Crippen LogP contribution in [-0.2, 0) is 16.1 Å². The summed E-state index contributed by atoms with van der Waals surface area (Å²) in [5.74, 6) is -4.33. The Kier molecular flexibility index (Phi) is 6.73. The molecule has 0 aliphatic carbocycles. The first-order valence-corrected chi connectivity index (χ1v) is 10.3. The maximum Gasteiger partial charge on any atom is 0.352 e. The molecule has 0 aliphatic heterocycles. The van der Waals surface area contributed by atoms with Gasteiger partial charge in [-0.05, 0) is 39.0 Å². The predicted molar refractivity (Wildman–Crippen MR) is 119 cm³/mol. The lowest BCUT2D eigenvalue weighted by atomic mass is 9.98. The van der Waals surface area contributed by atoms with Crippen LogP contribution in [0.2, 0.25) is 5.02 Å². The van der Waals surface area contributed by atoms with Gasteiger partial charge in [0.2, 0.25) is 12.3 Å². The highest BCUT2D eigenvalue weighted by Gasteiger charge is 2.36. The number of aromatic carboxylic acids is 1. The van der Waals surface area contributed by atoms with E-state index in [4.69, 9.17) is 11.6 Å². The number of rotatable bonds is 7. The van der Waals surface area contributed by atoms with Crippen LogP contribution < -0.4 is 5.32 Å². The first-order valence-electron chi connectivity index (χ1n) is 9.93. The van der Waals surface area contributed by atoms with Crippen LogP contribution in [0.5, 0.6) is 0 Å². The zero-order chi connectivity index (χ0) is 24.5. The summed E-state index contributed by atoms with van der Waals surface area (Å²) in [6.07, 6.45) is 0.303. The highest BCUT2D eigenvalue weighted by molar-refractivity contribution is 6.31. The van der Waals surface area contributed by atoms with Crippen molar-refractivity contribution in [2.24, 2.45) is 0 Å². The van der Waals surface area contributed by atoms with Crippen molar-refractivity contribution in [1.82, 2.24) is 15.2 Å². The minimum Gasteiger partial charge on any atom is -0.477 e. The smallest absolute Gasteiger partial charge is 0.352 e. The molecule has 3 aromatic rings. The van der Waals surface area contributed by atoms with Crippen LogP contribution in [0.4, 0.5) is 8.78 Å². The van der Waals surface area contributed by atoms with Gasteiger partial charge in [0, 0.05) is 39.1 Å². The van der Waals surface area contributed by atoms with Crippen molar-refractivity contribution in [2.45, 2.75) is 38.9 Å². The second-order valence-electron chi connectivity index (χ2n) is 8.54. The summed E-state index contributed by atoms with van der Waals surface area (Å²) < 4.78 is 28.1. The Hall–Kier alpha value is -3.46. The molecule has 1 heterocycles. The van der Waals surface area contributed by atoms with Crippen molar-refractivity contribution in [3.63, 3.8) is 0 Å². The lowest BCUT2D eigenvalue weighted by molar-refractivity contribution is -0.134. The number of fused-ring (bicyclic) bond motifs is 1. The van der Waals surface area contributed by atoms with Gasteiger partial charge in [0.1, 0.15) is 11.7 Å². The summed E-state index contributed by atoms with van der Waals surface area (Å²) in [6, 6.07) is 6.55. The van der Waals surface area contributed by atoms with Gasteiger partial charge < -0.3 is 20.3 Å². The Labute approximate surface area is 193 Å². The van der Waals surface area contributed by atoms with E-state index in [0.717, 1.165) is 11.0 Å². The Morgan fingerprint density at radius 2 is 1.94 bits per heavy atom. The van der Waals surface area contributed by atoms with Crippen LogP contribution in [0.3, 0.4) is 0 Å². The highest BCUT2D eigenvalue weighted by atomic mass is 35.5. The standard InChI is InChI=1S/C23H22ClF2N3O4/c1-23(2,3)28-21(31)20(29(11-30)10-12-5-4-6-15(25)18(12)26)17-14-8-7-13(24)9-16(14)27-19(17)22(32)33/h4-9,11,20,27H,10H2,1-3H3,(H,28,31)(H,32,33). The maximum absolute atomic E-state index is 14.3. The molecule has 10 heteroatoms. The molecule has 0 spiro atoms. The SMILES string of the molecule is CC(C)(C)NC(=O)C(c1c(C(=O)O)[nH]c2cc(Cl)ccc12)N(C=O)Cc1cccc(F)c1F. The molecule has 2 amide bonds. The molecule has 1 atom stereocenters. The number of aromatic amines is 1. The van der Waals surface area contributed by atoms with Gasteiger partial charge in [-0.2, -0.15) is 0 Å². The minimum absolute atomic E-state index is 0.000159. The number of amides is 2. The number of aromatic nitrogens is 1. The zero-order valence-electron chi connectivity index (χ0n) is 18.1. The molecule has 3 N–H and O–H groups in total. The number of carboxylic acid groups (broad SMARTS) is 1. The number of hydrogen-bond donors (Lipinski definition) is 3. The van der Waals surface area contributed by atoms with E-state index in [1.807, 2.05) is 0 Å². The lowest BCUT2D eigenvalue weighted by Crippen LogP contribution is -2.47. The van der Waals surface area contributed by atoms with E-state index in [1.54, 1.807) is 20.8 Å². The molecule has 174 valence electrons. The largest absolute Gasteiger partial charge is 0.477 e. The van der Waals surface area contributed by atoms with Crippen LogP contribution in [0.15, 0.2) is 36.4 Å². The summed E-state index contributed by atoms with van der Waals surface area (Å²) in [7, 11) is 0. The first kappa shape index (κ1) is 24.2.